The molecule has 1 aliphatic rings. The summed E-state index contributed by atoms with van der Waals surface area (Å²) in [5.74, 6) is -1.28. The summed E-state index contributed by atoms with van der Waals surface area (Å²) in [6.45, 7) is 0.241. The lowest BCUT2D eigenvalue weighted by molar-refractivity contribution is -0.139. The molecule has 1 aliphatic carbocycles. The minimum atomic E-state index is -1.06. The number of nitrogens with zero attached hydrogens (tertiary/aromatic N) is 2. The molecule has 1 amide bonds. The molecule has 1 aromatic carbocycles. The van der Waals surface area contributed by atoms with Gasteiger partial charge >= 0.3 is 5.97 Å². The zero-order valence-corrected chi connectivity index (χ0v) is 13.6. The van der Waals surface area contributed by atoms with Crippen molar-refractivity contribution in [2.75, 3.05) is 0 Å². The van der Waals surface area contributed by atoms with Crippen molar-refractivity contribution in [3.05, 3.63) is 64.1 Å². The molecule has 7 nitrogen and oxygen atoms in total. The van der Waals surface area contributed by atoms with Crippen LogP contribution in [0.2, 0.25) is 0 Å². The fourth-order valence-electron chi connectivity index (χ4n) is 2.58. The van der Waals surface area contributed by atoms with Crippen LogP contribution in [0.25, 0.3) is 0 Å². The van der Waals surface area contributed by atoms with E-state index in [0.29, 0.717) is 12.3 Å². The van der Waals surface area contributed by atoms with E-state index in [1.807, 2.05) is 30.3 Å². The van der Waals surface area contributed by atoms with Crippen LogP contribution in [0.5, 0.6) is 0 Å². The van der Waals surface area contributed by atoms with Crippen LogP contribution < -0.4 is 10.9 Å². The van der Waals surface area contributed by atoms with Gasteiger partial charge in [-0.3, -0.25) is 9.59 Å². The normalized spacial score (nSPS) is 14.7. The van der Waals surface area contributed by atoms with E-state index >= 15 is 0 Å². The van der Waals surface area contributed by atoms with E-state index in [1.165, 1.54) is 16.8 Å². The Kier molecular flexibility index (Phi) is 4.92. The maximum absolute atomic E-state index is 12.3. The third-order valence-electron chi connectivity index (χ3n) is 4.14. The van der Waals surface area contributed by atoms with Crippen LogP contribution in [-0.4, -0.2) is 32.8 Å². The van der Waals surface area contributed by atoms with Gasteiger partial charge in [-0.05, 0) is 24.0 Å². The van der Waals surface area contributed by atoms with Crippen molar-refractivity contribution in [3.63, 3.8) is 0 Å². The number of carbonyl (C=O) groups excluding carboxylic acids is 1. The summed E-state index contributed by atoms with van der Waals surface area (Å²) < 4.78 is 1.20. The van der Waals surface area contributed by atoms with Crippen molar-refractivity contribution in [2.45, 2.75) is 31.8 Å². The zero-order valence-electron chi connectivity index (χ0n) is 13.6. The first kappa shape index (κ1) is 16.9. The van der Waals surface area contributed by atoms with Gasteiger partial charge in [0.15, 0.2) is 0 Å². The Bertz CT molecular complexity index is 828. The first-order valence-electron chi connectivity index (χ1n) is 8.18. The number of carbonyl (C=O) groups is 2. The summed E-state index contributed by atoms with van der Waals surface area (Å²) in [6, 6.07) is 10.9. The van der Waals surface area contributed by atoms with Gasteiger partial charge in [0.2, 0.25) is 0 Å². The van der Waals surface area contributed by atoms with Gasteiger partial charge in [-0.2, -0.15) is 5.10 Å². The molecule has 0 saturated heterocycles. The van der Waals surface area contributed by atoms with Gasteiger partial charge in [0.1, 0.15) is 11.7 Å². The summed E-state index contributed by atoms with van der Waals surface area (Å²) in [5, 5.41) is 15.8. The molecular formula is C18H19N3O4. The number of hydrogen-bond donors (Lipinski definition) is 2. The highest BCUT2D eigenvalue weighted by Gasteiger charge is 2.30. The lowest BCUT2D eigenvalue weighted by Gasteiger charge is -2.14. The number of rotatable bonds is 7. The molecule has 0 aliphatic heterocycles. The summed E-state index contributed by atoms with van der Waals surface area (Å²) >= 11 is 0. The van der Waals surface area contributed by atoms with Crippen LogP contribution in [0, 0.1) is 5.92 Å². The van der Waals surface area contributed by atoms with Crippen molar-refractivity contribution in [1.29, 1.82) is 0 Å². The molecule has 1 fully saturated rings. The predicted molar refractivity (Wildman–Crippen MR) is 90.3 cm³/mol. The third kappa shape index (κ3) is 4.53. The number of carboxylic acid groups (broad SMARTS) is 1. The second-order valence-corrected chi connectivity index (χ2v) is 6.24. The Labute approximate surface area is 144 Å². The van der Waals surface area contributed by atoms with E-state index in [1.54, 1.807) is 0 Å². The van der Waals surface area contributed by atoms with E-state index in [2.05, 4.69) is 10.4 Å². The van der Waals surface area contributed by atoms with E-state index in [9.17, 15) is 19.5 Å². The van der Waals surface area contributed by atoms with Gasteiger partial charge < -0.3 is 10.4 Å². The number of aliphatic carboxylic acids is 1. The van der Waals surface area contributed by atoms with Crippen LogP contribution in [-0.2, 0) is 11.3 Å². The first-order valence-corrected chi connectivity index (χ1v) is 8.18. The molecule has 1 atom stereocenters. The summed E-state index contributed by atoms with van der Waals surface area (Å²) in [6.07, 6.45) is 2.42. The van der Waals surface area contributed by atoms with Crippen molar-refractivity contribution >= 4 is 11.9 Å². The summed E-state index contributed by atoms with van der Waals surface area (Å²) in [4.78, 5) is 35.6. The molecule has 1 unspecified atom stereocenters. The van der Waals surface area contributed by atoms with E-state index < -0.39 is 17.9 Å². The Hall–Kier alpha value is -2.96. The van der Waals surface area contributed by atoms with Gasteiger partial charge in [0.25, 0.3) is 11.5 Å². The molecule has 0 bridgehead atoms. The average molecular weight is 341 g/mol. The van der Waals surface area contributed by atoms with Gasteiger partial charge in [-0.1, -0.05) is 43.2 Å². The molecule has 1 aromatic heterocycles. The van der Waals surface area contributed by atoms with Gasteiger partial charge in [-0.25, -0.2) is 9.48 Å². The molecule has 1 saturated carbocycles. The van der Waals surface area contributed by atoms with Crippen LogP contribution >= 0.6 is 0 Å². The molecule has 0 spiro atoms. The van der Waals surface area contributed by atoms with Crippen molar-refractivity contribution in [1.82, 2.24) is 15.1 Å². The maximum Gasteiger partial charge on any atom is 0.326 e. The largest absolute Gasteiger partial charge is 0.480 e. The van der Waals surface area contributed by atoms with Crippen LogP contribution in [0.15, 0.2) is 47.3 Å². The standard InChI is InChI=1S/C18H19N3O4/c22-16-9-8-14(20-21(16)11-13-4-2-1-3-5-13)17(23)19-15(18(24)25)10-12-6-7-12/h1-5,8-9,12,15H,6-7,10-11H2,(H,19,23)(H,24,25). The lowest BCUT2D eigenvalue weighted by atomic mass is 10.1. The topological polar surface area (TPSA) is 101 Å². The van der Waals surface area contributed by atoms with E-state index in [0.717, 1.165) is 18.4 Å². The number of aromatic nitrogens is 2. The van der Waals surface area contributed by atoms with E-state index in [-0.39, 0.29) is 17.8 Å². The van der Waals surface area contributed by atoms with Crippen molar-refractivity contribution in [2.24, 2.45) is 5.92 Å². The number of nitrogens with one attached hydrogen (secondary N) is 1. The highest BCUT2D eigenvalue weighted by Crippen LogP contribution is 2.33. The molecule has 3 rings (SSSR count). The second-order valence-electron chi connectivity index (χ2n) is 6.24. The third-order valence-corrected chi connectivity index (χ3v) is 4.14. The number of amides is 1. The SMILES string of the molecule is O=C(NC(CC1CC1)C(=O)O)c1ccc(=O)n(Cc2ccccc2)n1. The molecule has 2 N–H and O–H groups in total. The number of hydrogen-bond acceptors (Lipinski definition) is 4. The molecular weight excluding hydrogens is 322 g/mol. The quantitative estimate of drug-likeness (QED) is 0.790. The monoisotopic (exact) mass is 341 g/mol. The molecule has 7 heteroatoms. The zero-order chi connectivity index (χ0) is 17.8. The summed E-state index contributed by atoms with van der Waals surface area (Å²) in [5.41, 5.74) is 0.581. The minimum Gasteiger partial charge on any atom is -0.480 e. The van der Waals surface area contributed by atoms with Gasteiger partial charge in [0.05, 0.1) is 6.54 Å². The highest BCUT2D eigenvalue weighted by molar-refractivity contribution is 5.94. The van der Waals surface area contributed by atoms with Gasteiger partial charge in [0, 0.05) is 6.07 Å². The Morgan fingerprint density at radius 3 is 2.56 bits per heavy atom. The number of carboxylic acids is 1. The van der Waals surface area contributed by atoms with Crippen molar-refractivity contribution < 1.29 is 14.7 Å². The molecule has 25 heavy (non-hydrogen) atoms. The minimum absolute atomic E-state index is 0.0255. The highest BCUT2D eigenvalue weighted by atomic mass is 16.4. The fourth-order valence-corrected chi connectivity index (χ4v) is 2.58. The second kappa shape index (κ2) is 7.29. The Morgan fingerprint density at radius 2 is 1.92 bits per heavy atom. The number of benzene rings is 1. The van der Waals surface area contributed by atoms with E-state index in [4.69, 9.17) is 0 Å². The van der Waals surface area contributed by atoms with Crippen molar-refractivity contribution in [3.8, 4) is 0 Å². The average Bonchev–Trinajstić information content (AvgIpc) is 3.41. The van der Waals surface area contributed by atoms with Crippen LogP contribution in [0.1, 0.15) is 35.3 Å². The smallest absolute Gasteiger partial charge is 0.326 e. The van der Waals surface area contributed by atoms with Gasteiger partial charge in [-0.15, -0.1) is 0 Å². The maximum atomic E-state index is 12.3. The molecule has 0 radical (unpaired) electrons. The Morgan fingerprint density at radius 1 is 1.20 bits per heavy atom. The molecule has 2 aromatic rings. The fraction of sp³-hybridized carbons (Fsp3) is 0.333. The molecule has 1 heterocycles. The Balaban J connectivity index is 1.75. The van der Waals surface area contributed by atoms with Crippen LogP contribution in [0.4, 0.5) is 0 Å². The summed E-state index contributed by atoms with van der Waals surface area (Å²) in [7, 11) is 0. The lowest BCUT2D eigenvalue weighted by Crippen LogP contribution is -2.42. The van der Waals surface area contributed by atoms with Crippen LogP contribution in [0.3, 0.4) is 0 Å². The molecule has 130 valence electrons. The predicted octanol–water partition coefficient (Wildman–Crippen LogP) is 1.27. The first-order chi connectivity index (χ1) is 12.0.